The van der Waals surface area contributed by atoms with Crippen LogP contribution in [-0.4, -0.2) is 68.5 Å². The van der Waals surface area contributed by atoms with Crippen LogP contribution in [0.4, 0.5) is 0 Å². The van der Waals surface area contributed by atoms with E-state index in [4.69, 9.17) is 4.74 Å². The minimum atomic E-state index is -0.436. The molecular weight excluding hydrogens is 384 g/mol. The first kappa shape index (κ1) is 25.4. The van der Waals surface area contributed by atoms with Gasteiger partial charge in [0.25, 0.3) is 0 Å². The summed E-state index contributed by atoms with van der Waals surface area (Å²) in [6.07, 6.45) is 5.56. The quantitative estimate of drug-likeness (QED) is 0.633. The maximum absolute atomic E-state index is 12.9. The van der Waals surface area contributed by atoms with Gasteiger partial charge in [0.2, 0.25) is 17.7 Å². The lowest BCUT2D eigenvalue weighted by molar-refractivity contribution is -0.137. The van der Waals surface area contributed by atoms with Crippen molar-refractivity contribution >= 4 is 17.7 Å². The van der Waals surface area contributed by atoms with Gasteiger partial charge in [-0.2, -0.15) is 0 Å². The van der Waals surface area contributed by atoms with Crippen LogP contribution in [0.25, 0.3) is 0 Å². The first-order chi connectivity index (χ1) is 14.3. The predicted molar refractivity (Wildman–Crippen MR) is 118 cm³/mol. The number of carbonyl (C=O) groups excluding carboxylic acids is 3. The Morgan fingerprint density at radius 3 is 2.53 bits per heavy atom. The molecule has 1 aliphatic heterocycles. The fraction of sp³-hybridized carbons (Fsp3) is 0.591. The molecule has 2 atom stereocenters. The Hall–Kier alpha value is -2.61. The fourth-order valence-electron chi connectivity index (χ4n) is 3.09. The van der Waals surface area contributed by atoms with E-state index in [-0.39, 0.29) is 36.7 Å². The average Bonchev–Trinajstić information content (AvgIpc) is 2.74. The van der Waals surface area contributed by atoms with E-state index in [0.29, 0.717) is 38.3 Å². The van der Waals surface area contributed by atoms with Crippen molar-refractivity contribution in [3.05, 3.63) is 36.6 Å². The standard InChI is InChI=1S/C22H36N4O4/c1-6-16(4)21-22(29)26(5)15-20(28)25-14-19(27)23-11-9-10-17(7-2)18(8-3)30-13-12-24-21/h7-8,16,21,24H,2-3,6,9-15H2,1,4-5H3,(H,23,27)(H,25,28)/b18-17-. The van der Waals surface area contributed by atoms with Gasteiger partial charge < -0.3 is 25.6 Å². The van der Waals surface area contributed by atoms with Crippen molar-refractivity contribution in [3.63, 3.8) is 0 Å². The molecule has 0 spiro atoms. The Labute approximate surface area is 179 Å². The summed E-state index contributed by atoms with van der Waals surface area (Å²) in [5, 5.41) is 8.58. The van der Waals surface area contributed by atoms with E-state index in [1.165, 1.54) is 4.90 Å². The summed E-state index contributed by atoms with van der Waals surface area (Å²) in [4.78, 5) is 38.3. The summed E-state index contributed by atoms with van der Waals surface area (Å²) in [5.74, 6) is -0.0910. The molecule has 0 bridgehead atoms. The van der Waals surface area contributed by atoms with Crippen molar-refractivity contribution in [2.45, 2.75) is 39.2 Å². The van der Waals surface area contributed by atoms with Gasteiger partial charge in [0, 0.05) is 20.1 Å². The molecule has 1 aliphatic rings. The van der Waals surface area contributed by atoms with E-state index in [0.717, 1.165) is 12.0 Å². The van der Waals surface area contributed by atoms with E-state index < -0.39 is 6.04 Å². The van der Waals surface area contributed by atoms with E-state index >= 15 is 0 Å². The third kappa shape index (κ3) is 8.41. The lowest BCUT2D eigenvalue weighted by Crippen LogP contribution is -2.51. The van der Waals surface area contributed by atoms with Crippen LogP contribution in [-0.2, 0) is 19.1 Å². The summed E-state index contributed by atoms with van der Waals surface area (Å²) in [6.45, 7) is 12.7. The van der Waals surface area contributed by atoms with Crippen LogP contribution >= 0.6 is 0 Å². The highest BCUT2D eigenvalue weighted by Crippen LogP contribution is 2.15. The minimum Gasteiger partial charge on any atom is -0.492 e. The van der Waals surface area contributed by atoms with E-state index in [1.807, 2.05) is 13.8 Å². The van der Waals surface area contributed by atoms with E-state index in [9.17, 15) is 14.4 Å². The number of nitrogens with one attached hydrogen (secondary N) is 3. The van der Waals surface area contributed by atoms with Gasteiger partial charge >= 0.3 is 0 Å². The predicted octanol–water partition coefficient (Wildman–Crippen LogP) is 1.12. The van der Waals surface area contributed by atoms with Crippen LogP contribution in [0.1, 0.15) is 33.1 Å². The number of rotatable bonds is 4. The highest BCUT2D eigenvalue weighted by Gasteiger charge is 2.27. The molecule has 2 unspecified atom stereocenters. The maximum atomic E-state index is 12.9. The number of likely N-dealkylation sites (N-methyl/N-ethyl adjacent to an activating group) is 1. The summed E-state index contributed by atoms with van der Waals surface area (Å²) in [6, 6.07) is -0.436. The number of nitrogens with zero attached hydrogens (tertiary/aromatic N) is 1. The molecule has 8 heteroatoms. The van der Waals surface area contributed by atoms with Crippen LogP contribution < -0.4 is 16.0 Å². The minimum absolute atomic E-state index is 0.0811. The molecule has 0 fully saturated rings. The van der Waals surface area contributed by atoms with Gasteiger partial charge in [0.05, 0.1) is 19.1 Å². The molecule has 30 heavy (non-hydrogen) atoms. The Bertz CT molecular complexity index is 660. The zero-order chi connectivity index (χ0) is 22.5. The van der Waals surface area contributed by atoms with Crippen LogP contribution in [0.5, 0.6) is 0 Å². The molecule has 8 nitrogen and oxygen atoms in total. The van der Waals surface area contributed by atoms with Gasteiger partial charge in [-0.3, -0.25) is 14.4 Å². The Kier molecular flexibility index (Phi) is 11.5. The summed E-state index contributed by atoms with van der Waals surface area (Å²) >= 11 is 0. The van der Waals surface area contributed by atoms with Gasteiger partial charge in [0.15, 0.2) is 0 Å². The van der Waals surface area contributed by atoms with Crippen LogP contribution in [0.2, 0.25) is 0 Å². The maximum Gasteiger partial charge on any atom is 0.240 e. The number of hydrogen-bond donors (Lipinski definition) is 3. The molecule has 0 aromatic heterocycles. The van der Waals surface area contributed by atoms with Crippen molar-refractivity contribution in [1.82, 2.24) is 20.9 Å². The topological polar surface area (TPSA) is 99.8 Å². The second-order valence-corrected chi connectivity index (χ2v) is 7.39. The zero-order valence-corrected chi connectivity index (χ0v) is 18.5. The highest BCUT2D eigenvalue weighted by molar-refractivity contribution is 5.89. The van der Waals surface area contributed by atoms with E-state index in [1.54, 1.807) is 19.2 Å². The first-order valence-electron chi connectivity index (χ1n) is 10.5. The van der Waals surface area contributed by atoms with Gasteiger partial charge in [-0.15, -0.1) is 0 Å². The van der Waals surface area contributed by atoms with Crippen molar-refractivity contribution in [1.29, 1.82) is 0 Å². The number of ether oxygens (including phenoxy) is 1. The lowest BCUT2D eigenvalue weighted by Gasteiger charge is -2.28. The molecule has 0 aromatic carbocycles. The Balaban J connectivity index is 2.98. The van der Waals surface area contributed by atoms with Crippen molar-refractivity contribution < 1.29 is 19.1 Å². The monoisotopic (exact) mass is 420 g/mol. The van der Waals surface area contributed by atoms with Crippen molar-refractivity contribution in [3.8, 4) is 0 Å². The summed E-state index contributed by atoms with van der Waals surface area (Å²) < 4.78 is 5.85. The second kappa shape index (κ2) is 13.6. The SMILES string of the molecule is C=C/C1=C(\C=C)OCCNC(C(C)CC)C(=O)N(C)CC(=O)NCC(=O)NCCC1. The zero-order valence-electron chi connectivity index (χ0n) is 18.5. The molecule has 0 saturated carbocycles. The number of allylic oxidation sites excluding steroid dienone is 3. The smallest absolute Gasteiger partial charge is 0.240 e. The second-order valence-electron chi connectivity index (χ2n) is 7.39. The summed E-state index contributed by atoms with van der Waals surface area (Å²) in [7, 11) is 1.59. The largest absolute Gasteiger partial charge is 0.492 e. The number of amides is 3. The average molecular weight is 421 g/mol. The van der Waals surface area contributed by atoms with Crippen molar-refractivity contribution in [2.75, 3.05) is 39.8 Å². The van der Waals surface area contributed by atoms with Crippen LogP contribution in [0, 0.1) is 5.92 Å². The molecule has 168 valence electrons. The van der Waals surface area contributed by atoms with Gasteiger partial charge in [-0.05, 0) is 30.4 Å². The molecule has 0 aromatic rings. The van der Waals surface area contributed by atoms with Gasteiger partial charge in [-0.1, -0.05) is 39.5 Å². The van der Waals surface area contributed by atoms with E-state index in [2.05, 4.69) is 29.1 Å². The highest BCUT2D eigenvalue weighted by atomic mass is 16.5. The molecular formula is C22H36N4O4. The third-order valence-electron chi connectivity index (χ3n) is 5.10. The number of carbonyl (C=O) groups is 3. The molecule has 0 aliphatic carbocycles. The molecule has 1 heterocycles. The summed E-state index contributed by atoms with van der Waals surface area (Å²) in [5.41, 5.74) is 0.906. The molecule has 0 radical (unpaired) electrons. The Morgan fingerprint density at radius 1 is 1.17 bits per heavy atom. The van der Waals surface area contributed by atoms with Gasteiger partial charge in [-0.25, -0.2) is 0 Å². The molecule has 3 N–H and O–H groups in total. The van der Waals surface area contributed by atoms with Crippen molar-refractivity contribution in [2.24, 2.45) is 5.92 Å². The fourth-order valence-corrected chi connectivity index (χ4v) is 3.09. The first-order valence-corrected chi connectivity index (χ1v) is 10.5. The third-order valence-corrected chi connectivity index (χ3v) is 5.10. The molecule has 3 amide bonds. The normalized spacial score (nSPS) is 24.6. The van der Waals surface area contributed by atoms with Crippen LogP contribution in [0.3, 0.4) is 0 Å². The molecule has 1 rings (SSSR count). The number of hydrogen-bond acceptors (Lipinski definition) is 5. The Morgan fingerprint density at radius 2 is 1.90 bits per heavy atom. The molecule has 0 saturated heterocycles. The van der Waals surface area contributed by atoms with Crippen LogP contribution in [0.15, 0.2) is 36.6 Å². The van der Waals surface area contributed by atoms with Gasteiger partial charge in [0.1, 0.15) is 12.4 Å². The lowest BCUT2D eigenvalue weighted by atomic mass is 9.98.